The van der Waals surface area contributed by atoms with Gasteiger partial charge in [0.25, 0.3) is 0 Å². The largest absolute Gasteiger partial charge is 0.261 e. The minimum absolute atomic E-state index is 0.480. The SMILES string of the molecule is Cc1cc(Cl)nc(Cc2ccccn2)n1. The van der Waals surface area contributed by atoms with Gasteiger partial charge in [-0.25, -0.2) is 9.97 Å². The Kier molecular flexibility index (Phi) is 2.92. The average Bonchev–Trinajstić information content (AvgIpc) is 2.17. The number of halogens is 1. The maximum absolute atomic E-state index is 5.84. The van der Waals surface area contributed by atoms with E-state index in [-0.39, 0.29) is 0 Å². The van der Waals surface area contributed by atoms with Gasteiger partial charge in [-0.2, -0.15) is 0 Å². The Morgan fingerprint density at radius 1 is 1.27 bits per heavy atom. The van der Waals surface area contributed by atoms with Gasteiger partial charge < -0.3 is 0 Å². The van der Waals surface area contributed by atoms with Crippen LogP contribution in [0.5, 0.6) is 0 Å². The van der Waals surface area contributed by atoms with E-state index >= 15 is 0 Å². The monoisotopic (exact) mass is 219 g/mol. The summed E-state index contributed by atoms with van der Waals surface area (Å²) in [6.45, 7) is 1.90. The van der Waals surface area contributed by atoms with E-state index in [2.05, 4.69) is 15.0 Å². The van der Waals surface area contributed by atoms with Crippen LogP contribution in [0, 0.1) is 6.92 Å². The molecule has 15 heavy (non-hydrogen) atoms. The summed E-state index contributed by atoms with van der Waals surface area (Å²) in [7, 11) is 0. The number of hydrogen-bond donors (Lipinski definition) is 0. The van der Waals surface area contributed by atoms with Crippen molar-refractivity contribution in [3.63, 3.8) is 0 Å². The topological polar surface area (TPSA) is 38.7 Å². The Labute approximate surface area is 93.2 Å². The van der Waals surface area contributed by atoms with Gasteiger partial charge >= 0.3 is 0 Å². The van der Waals surface area contributed by atoms with Crippen LogP contribution >= 0.6 is 11.6 Å². The second-order valence-corrected chi connectivity index (χ2v) is 3.63. The predicted molar refractivity (Wildman–Crippen MR) is 58.8 cm³/mol. The predicted octanol–water partition coefficient (Wildman–Crippen LogP) is 2.42. The van der Waals surface area contributed by atoms with Crippen molar-refractivity contribution in [1.29, 1.82) is 0 Å². The van der Waals surface area contributed by atoms with E-state index in [1.54, 1.807) is 12.3 Å². The quantitative estimate of drug-likeness (QED) is 0.729. The Morgan fingerprint density at radius 2 is 2.13 bits per heavy atom. The number of nitrogens with zero attached hydrogens (tertiary/aromatic N) is 3. The Balaban J connectivity index is 2.25. The van der Waals surface area contributed by atoms with E-state index in [0.717, 1.165) is 11.4 Å². The highest BCUT2D eigenvalue weighted by molar-refractivity contribution is 6.29. The normalized spacial score (nSPS) is 10.3. The molecule has 0 saturated carbocycles. The molecule has 0 aromatic carbocycles. The van der Waals surface area contributed by atoms with Crippen molar-refractivity contribution in [1.82, 2.24) is 15.0 Å². The van der Waals surface area contributed by atoms with Gasteiger partial charge in [-0.3, -0.25) is 4.98 Å². The van der Waals surface area contributed by atoms with Gasteiger partial charge in [0.2, 0.25) is 0 Å². The summed E-state index contributed by atoms with van der Waals surface area (Å²) in [6.07, 6.45) is 2.37. The van der Waals surface area contributed by atoms with E-state index in [9.17, 15) is 0 Å². The van der Waals surface area contributed by atoms with Gasteiger partial charge in [-0.15, -0.1) is 0 Å². The van der Waals surface area contributed by atoms with Crippen molar-refractivity contribution in [2.24, 2.45) is 0 Å². The van der Waals surface area contributed by atoms with Gasteiger partial charge in [0, 0.05) is 17.6 Å². The van der Waals surface area contributed by atoms with Crippen molar-refractivity contribution in [3.05, 3.63) is 52.8 Å². The van der Waals surface area contributed by atoms with Gasteiger partial charge in [0.15, 0.2) is 0 Å². The Morgan fingerprint density at radius 3 is 2.80 bits per heavy atom. The van der Waals surface area contributed by atoms with E-state index in [1.165, 1.54) is 0 Å². The molecule has 0 aliphatic carbocycles. The molecule has 0 spiro atoms. The lowest BCUT2D eigenvalue weighted by Gasteiger charge is -2.01. The minimum atomic E-state index is 0.480. The fraction of sp³-hybridized carbons (Fsp3) is 0.182. The minimum Gasteiger partial charge on any atom is -0.261 e. The van der Waals surface area contributed by atoms with Crippen LogP contribution in [0.2, 0.25) is 5.15 Å². The van der Waals surface area contributed by atoms with Crippen molar-refractivity contribution < 1.29 is 0 Å². The average molecular weight is 220 g/mol. The Bertz CT molecular complexity index is 436. The third-order valence-electron chi connectivity index (χ3n) is 1.93. The van der Waals surface area contributed by atoms with Crippen LogP contribution in [0.1, 0.15) is 17.2 Å². The van der Waals surface area contributed by atoms with Crippen LogP contribution in [0.4, 0.5) is 0 Å². The first-order chi connectivity index (χ1) is 7.24. The molecule has 0 aliphatic heterocycles. The van der Waals surface area contributed by atoms with E-state index in [0.29, 0.717) is 17.4 Å². The van der Waals surface area contributed by atoms with Crippen LogP contribution < -0.4 is 0 Å². The molecule has 0 saturated heterocycles. The summed E-state index contributed by atoms with van der Waals surface area (Å²) in [5.41, 5.74) is 1.82. The highest BCUT2D eigenvalue weighted by Gasteiger charge is 2.02. The number of pyridine rings is 1. The van der Waals surface area contributed by atoms with Crippen LogP contribution in [0.3, 0.4) is 0 Å². The van der Waals surface area contributed by atoms with Crippen LogP contribution in [-0.4, -0.2) is 15.0 Å². The molecule has 3 nitrogen and oxygen atoms in total. The van der Waals surface area contributed by atoms with Crippen molar-refractivity contribution in [2.75, 3.05) is 0 Å². The van der Waals surface area contributed by atoms with Crippen molar-refractivity contribution >= 4 is 11.6 Å². The van der Waals surface area contributed by atoms with Gasteiger partial charge in [0.05, 0.1) is 6.42 Å². The first kappa shape index (κ1) is 10.1. The molecule has 0 amide bonds. The fourth-order valence-electron chi connectivity index (χ4n) is 1.33. The highest BCUT2D eigenvalue weighted by Crippen LogP contribution is 2.09. The van der Waals surface area contributed by atoms with Gasteiger partial charge in [-0.05, 0) is 25.1 Å². The molecule has 0 bridgehead atoms. The molecule has 4 heteroatoms. The molecule has 0 fully saturated rings. The number of aromatic nitrogens is 3. The summed E-state index contributed by atoms with van der Waals surface area (Å²) >= 11 is 5.84. The molecular weight excluding hydrogens is 210 g/mol. The zero-order chi connectivity index (χ0) is 10.7. The summed E-state index contributed by atoms with van der Waals surface area (Å²) < 4.78 is 0. The molecule has 2 rings (SSSR count). The number of aryl methyl sites for hydroxylation is 1. The molecule has 0 unspecified atom stereocenters. The van der Waals surface area contributed by atoms with Crippen molar-refractivity contribution in [2.45, 2.75) is 13.3 Å². The van der Waals surface area contributed by atoms with Crippen LogP contribution in [0.25, 0.3) is 0 Å². The van der Waals surface area contributed by atoms with Crippen LogP contribution in [0.15, 0.2) is 30.5 Å². The smallest absolute Gasteiger partial charge is 0.136 e. The zero-order valence-electron chi connectivity index (χ0n) is 8.31. The van der Waals surface area contributed by atoms with E-state index < -0.39 is 0 Å². The third-order valence-corrected chi connectivity index (χ3v) is 2.13. The zero-order valence-corrected chi connectivity index (χ0v) is 9.07. The van der Waals surface area contributed by atoms with E-state index in [4.69, 9.17) is 11.6 Å². The molecule has 0 N–H and O–H groups in total. The number of hydrogen-bond acceptors (Lipinski definition) is 3. The lowest BCUT2D eigenvalue weighted by Crippen LogP contribution is -1.99. The lowest BCUT2D eigenvalue weighted by molar-refractivity contribution is 0.916. The standard InChI is InChI=1S/C11H10ClN3/c1-8-6-10(12)15-11(14-8)7-9-4-2-3-5-13-9/h2-6H,7H2,1H3. The summed E-state index contributed by atoms with van der Waals surface area (Å²) in [4.78, 5) is 12.6. The molecule has 76 valence electrons. The lowest BCUT2D eigenvalue weighted by atomic mass is 10.2. The first-order valence-corrected chi connectivity index (χ1v) is 5.02. The summed E-state index contributed by atoms with van der Waals surface area (Å²) in [6, 6.07) is 7.51. The first-order valence-electron chi connectivity index (χ1n) is 4.64. The van der Waals surface area contributed by atoms with Crippen molar-refractivity contribution in [3.8, 4) is 0 Å². The molecule has 2 aromatic rings. The molecule has 0 atom stereocenters. The molecule has 2 aromatic heterocycles. The second-order valence-electron chi connectivity index (χ2n) is 3.25. The number of rotatable bonds is 2. The molecule has 2 heterocycles. The molecule has 0 radical (unpaired) electrons. The molecule has 0 aliphatic rings. The summed E-state index contributed by atoms with van der Waals surface area (Å²) in [5, 5.41) is 0.480. The van der Waals surface area contributed by atoms with Gasteiger partial charge in [-0.1, -0.05) is 17.7 Å². The molecular formula is C11H10ClN3. The van der Waals surface area contributed by atoms with Gasteiger partial charge in [0.1, 0.15) is 11.0 Å². The highest BCUT2D eigenvalue weighted by atomic mass is 35.5. The third kappa shape index (κ3) is 2.73. The second kappa shape index (κ2) is 4.36. The van der Waals surface area contributed by atoms with E-state index in [1.807, 2.05) is 25.1 Å². The maximum Gasteiger partial charge on any atom is 0.136 e. The fourth-order valence-corrected chi connectivity index (χ4v) is 1.59. The summed E-state index contributed by atoms with van der Waals surface area (Å²) in [5.74, 6) is 0.707. The Hall–Kier alpha value is -1.48. The van der Waals surface area contributed by atoms with Crippen LogP contribution in [-0.2, 0) is 6.42 Å². The maximum atomic E-state index is 5.84.